The highest BCUT2D eigenvalue weighted by Gasteiger charge is 2.28. The van der Waals surface area contributed by atoms with Gasteiger partial charge >= 0.3 is 0 Å². The second kappa shape index (κ2) is 7.07. The minimum atomic E-state index is -0.292. The van der Waals surface area contributed by atoms with Crippen LogP contribution in [0, 0.1) is 6.92 Å². The van der Waals surface area contributed by atoms with Crippen molar-refractivity contribution < 1.29 is 4.79 Å². The number of tetrazole rings is 1. The summed E-state index contributed by atoms with van der Waals surface area (Å²) in [6, 6.07) is 8.13. The Hall–Kier alpha value is -3.03. The first-order valence-electron chi connectivity index (χ1n) is 8.85. The summed E-state index contributed by atoms with van der Waals surface area (Å²) in [6.07, 6.45) is 6.46. The molecule has 0 bridgehead atoms. The van der Waals surface area contributed by atoms with Crippen molar-refractivity contribution >= 4 is 5.91 Å². The number of hydrogen-bond donors (Lipinski definition) is 1. The summed E-state index contributed by atoms with van der Waals surface area (Å²) in [5.74, 6) is 0.334. The third-order valence-electron chi connectivity index (χ3n) is 4.67. The zero-order valence-electron chi connectivity index (χ0n) is 14.7. The number of carbonyl (C=O) groups excluding carboxylic acids is 1. The van der Waals surface area contributed by atoms with E-state index in [4.69, 9.17) is 0 Å². The average molecular weight is 351 g/mol. The molecule has 0 aliphatic carbocycles. The highest BCUT2D eigenvalue weighted by molar-refractivity contribution is 5.82. The second-order valence-electron chi connectivity index (χ2n) is 6.66. The minimum absolute atomic E-state index is 0.0359. The molecule has 0 spiro atoms. The van der Waals surface area contributed by atoms with Gasteiger partial charge in [-0.15, -0.1) is 5.10 Å². The minimum Gasteiger partial charge on any atom is -0.351 e. The quantitative estimate of drug-likeness (QED) is 0.773. The standard InChI is InChI=1S/C18H21N7O/c1-13-5-4-6-15(9-13)25-12-14(11-20-25)10-19-18(26)16-7-2-3-8-24-17(16)21-22-23-24/h4-6,9,11-12,16H,2-3,7-8,10H2,1H3,(H,19,26)/t16-/m1/s1. The summed E-state index contributed by atoms with van der Waals surface area (Å²) < 4.78 is 3.56. The Morgan fingerprint density at radius 2 is 2.27 bits per heavy atom. The van der Waals surface area contributed by atoms with Crippen LogP contribution in [0.1, 0.15) is 42.1 Å². The molecular formula is C18H21N7O. The van der Waals surface area contributed by atoms with E-state index in [1.54, 1.807) is 10.9 Å². The zero-order valence-corrected chi connectivity index (χ0v) is 14.7. The average Bonchev–Trinajstić information content (AvgIpc) is 3.26. The first-order chi connectivity index (χ1) is 12.7. The van der Waals surface area contributed by atoms with Gasteiger partial charge in [0, 0.05) is 24.8 Å². The van der Waals surface area contributed by atoms with Crippen LogP contribution in [0.4, 0.5) is 0 Å². The number of hydrogen-bond acceptors (Lipinski definition) is 5. The van der Waals surface area contributed by atoms with E-state index in [1.807, 2.05) is 23.0 Å². The lowest BCUT2D eigenvalue weighted by Gasteiger charge is -2.12. The molecule has 8 heteroatoms. The van der Waals surface area contributed by atoms with Crippen molar-refractivity contribution in [1.82, 2.24) is 35.3 Å². The highest BCUT2D eigenvalue weighted by Crippen LogP contribution is 2.24. The fraction of sp³-hybridized carbons (Fsp3) is 0.389. The summed E-state index contributed by atoms with van der Waals surface area (Å²) in [7, 11) is 0. The molecular weight excluding hydrogens is 330 g/mol. The number of aromatic nitrogens is 6. The second-order valence-corrected chi connectivity index (χ2v) is 6.66. The predicted octanol–water partition coefficient (Wildman–Crippen LogP) is 1.75. The third kappa shape index (κ3) is 3.35. The van der Waals surface area contributed by atoms with Gasteiger partial charge in [-0.2, -0.15) is 5.10 Å². The van der Waals surface area contributed by atoms with Gasteiger partial charge in [-0.1, -0.05) is 18.6 Å². The molecule has 0 saturated carbocycles. The molecule has 1 atom stereocenters. The SMILES string of the molecule is Cc1cccc(-n2cc(CNC(=O)[C@@H]3CCCCn4nnnc43)cn2)c1. The summed E-state index contributed by atoms with van der Waals surface area (Å²) in [6.45, 7) is 3.26. The number of fused-ring (bicyclic) bond motifs is 1. The molecule has 1 aliphatic rings. The van der Waals surface area contributed by atoms with Crippen molar-refractivity contribution in [2.45, 2.75) is 45.2 Å². The van der Waals surface area contributed by atoms with Gasteiger partial charge < -0.3 is 5.32 Å². The van der Waals surface area contributed by atoms with E-state index in [-0.39, 0.29) is 11.8 Å². The Labute approximate surface area is 151 Å². The maximum atomic E-state index is 12.7. The van der Waals surface area contributed by atoms with Gasteiger partial charge in [0.15, 0.2) is 5.82 Å². The Morgan fingerprint density at radius 3 is 3.15 bits per heavy atom. The topological polar surface area (TPSA) is 90.5 Å². The van der Waals surface area contributed by atoms with Gasteiger partial charge in [0.2, 0.25) is 5.91 Å². The summed E-state index contributed by atoms with van der Waals surface area (Å²) in [4.78, 5) is 12.7. The Kier molecular flexibility index (Phi) is 4.47. The van der Waals surface area contributed by atoms with Crippen molar-refractivity contribution in [3.63, 3.8) is 0 Å². The zero-order chi connectivity index (χ0) is 17.9. The smallest absolute Gasteiger partial charge is 0.231 e. The van der Waals surface area contributed by atoms with E-state index in [0.717, 1.165) is 37.1 Å². The van der Waals surface area contributed by atoms with Crippen LogP contribution in [0.3, 0.4) is 0 Å². The van der Waals surface area contributed by atoms with Crippen molar-refractivity contribution in [3.05, 3.63) is 53.6 Å². The molecule has 134 valence electrons. The number of aryl methyl sites for hydroxylation is 2. The van der Waals surface area contributed by atoms with E-state index in [9.17, 15) is 4.79 Å². The van der Waals surface area contributed by atoms with Crippen molar-refractivity contribution in [2.24, 2.45) is 0 Å². The maximum absolute atomic E-state index is 12.7. The van der Waals surface area contributed by atoms with Crippen LogP contribution < -0.4 is 5.32 Å². The van der Waals surface area contributed by atoms with Gasteiger partial charge in [-0.05, 0) is 47.9 Å². The van der Waals surface area contributed by atoms with Gasteiger partial charge in [0.1, 0.15) is 0 Å². The molecule has 26 heavy (non-hydrogen) atoms. The molecule has 1 aromatic carbocycles. The van der Waals surface area contributed by atoms with E-state index < -0.39 is 0 Å². The van der Waals surface area contributed by atoms with Crippen LogP contribution in [-0.2, 0) is 17.9 Å². The molecule has 0 radical (unpaired) electrons. The van der Waals surface area contributed by atoms with Gasteiger partial charge in [-0.25, -0.2) is 9.36 Å². The molecule has 3 heterocycles. The third-order valence-corrected chi connectivity index (χ3v) is 4.67. The van der Waals surface area contributed by atoms with Crippen LogP contribution in [0.2, 0.25) is 0 Å². The molecule has 3 aromatic rings. The van der Waals surface area contributed by atoms with Crippen molar-refractivity contribution in [3.8, 4) is 5.69 Å². The first kappa shape index (κ1) is 16.4. The van der Waals surface area contributed by atoms with Crippen LogP contribution in [0.5, 0.6) is 0 Å². The molecule has 2 aromatic heterocycles. The van der Waals surface area contributed by atoms with E-state index in [1.165, 1.54) is 5.56 Å². The highest BCUT2D eigenvalue weighted by atomic mass is 16.1. The number of rotatable bonds is 4. The van der Waals surface area contributed by atoms with E-state index in [0.29, 0.717) is 12.4 Å². The summed E-state index contributed by atoms with van der Waals surface area (Å²) in [5.41, 5.74) is 3.14. The molecule has 0 unspecified atom stereocenters. The molecule has 1 amide bonds. The lowest BCUT2D eigenvalue weighted by atomic mass is 10.0. The lowest BCUT2D eigenvalue weighted by Crippen LogP contribution is -2.30. The van der Waals surface area contributed by atoms with Crippen molar-refractivity contribution in [1.29, 1.82) is 0 Å². The van der Waals surface area contributed by atoms with E-state index >= 15 is 0 Å². The molecule has 4 rings (SSSR count). The van der Waals surface area contributed by atoms with Crippen LogP contribution in [0.25, 0.3) is 5.69 Å². The van der Waals surface area contributed by atoms with Crippen molar-refractivity contribution in [2.75, 3.05) is 0 Å². The Bertz CT molecular complexity index is 914. The number of carbonyl (C=O) groups is 1. The number of nitrogens with zero attached hydrogens (tertiary/aromatic N) is 6. The van der Waals surface area contributed by atoms with Gasteiger partial charge in [-0.3, -0.25) is 4.79 Å². The lowest BCUT2D eigenvalue weighted by molar-refractivity contribution is -0.123. The number of amides is 1. The van der Waals surface area contributed by atoms with E-state index in [2.05, 4.69) is 45.0 Å². The maximum Gasteiger partial charge on any atom is 0.231 e. The molecule has 8 nitrogen and oxygen atoms in total. The summed E-state index contributed by atoms with van der Waals surface area (Å²) >= 11 is 0. The summed E-state index contributed by atoms with van der Waals surface area (Å²) in [5, 5.41) is 19.1. The predicted molar refractivity (Wildman–Crippen MR) is 94.6 cm³/mol. The number of nitrogens with one attached hydrogen (secondary N) is 1. The normalized spacial score (nSPS) is 16.7. The van der Waals surface area contributed by atoms with Gasteiger partial charge in [0.05, 0.1) is 17.8 Å². The largest absolute Gasteiger partial charge is 0.351 e. The Morgan fingerprint density at radius 1 is 1.35 bits per heavy atom. The van der Waals surface area contributed by atoms with Crippen LogP contribution >= 0.6 is 0 Å². The molecule has 1 aliphatic heterocycles. The Balaban J connectivity index is 1.43. The number of benzene rings is 1. The molecule has 0 fully saturated rings. The fourth-order valence-electron chi connectivity index (χ4n) is 3.28. The van der Waals surface area contributed by atoms with Crippen LogP contribution in [-0.4, -0.2) is 35.9 Å². The van der Waals surface area contributed by atoms with Crippen LogP contribution in [0.15, 0.2) is 36.7 Å². The monoisotopic (exact) mass is 351 g/mol. The molecule has 1 N–H and O–H groups in total. The molecule has 0 saturated heterocycles. The van der Waals surface area contributed by atoms with Gasteiger partial charge in [0.25, 0.3) is 0 Å². The first-order valence-corrected chi connectivity index (χ1v) is 8.85. The fourth-order valence-corrected chi connectivity index (χ4v) is 3.28.